The summed E-state index contributed by atoms with van der Waals surface area (Å²) in [6, 6.07) is 17.1. The number of hydrogen-bond donors (Lipinski definition) is 1. The Bertz CT molecular complexity index is 520. The highest BCUT2D eigenvalue weighted by Crippen LogP contribution is 2.43. The summed E-state index contributed by atoms with van der Waals surface area (Å²) >= 11 is 4.30. The van der Waals surface area contributed by atoms with E-state index in [0.717, 1.165) is 5.75 Å². The van der Waals surface area contributed by atoms with Crippen molar-refractivity contribution in [1.29, 1.82) is 0 Å². The first-order valence-electron chi connectivity index (χ1n) is 5.42. The highest BCUT2D eigenvalue weighted by atomic mass is 32.1. The van der Waals surface area contributed by atoms with Crippen LogP contribution in [0.5, 0.6) is 0 Å². The third-order valence-electron chi connectivity index (χ3n) is 3.02. The zero-order valence-electron chi connectivity index (χ0n) is 8.85. The largest absolute Gasteiger partial charge is 0.175 e. The molecule has 0 aromatic heterocycles. The van der Waals surface area contributed by atoms with Gasteiger partial charge < -0.3 is 0 Å². The van der Waals surface area contributed by atoms with Crippen molar-refractivity contribution in [3.63, 3.8) is 0 Å². The van der Waals surface area contributed by atoms with Crippen LogP contribution in [-0.4, -0.2) is 5.75 Å². The Hall–Kier alpha value is -1.47. The second-order valence-corrected chi connectivity index (χ2v) is 4.26. The molecule has 0 radical (unpaired) electrons. The molecule has 0 unspecified atom stereocenters. The topological polar surface area (TPSA) is 0 Å². The van der Waals surface area contributed by atoms with E-state index in [1.54, 1.807) is 0 Å². The fraction of sp³-hybridized carbons (Fsp3) is 0.0667. The van der Waals surface area contributed by atoms with Crippen molar-refractivity contribution < 1.29 is 0 Å². The van der Waals surface area contributed by atoms with Gasteiger partial charge in [0, 0.05) is 5.75 Å². The molecule has 16 heavy (non-hydrogen) atoms. The summed E-state index contributed by atoms with van der Waals surface area (Å²) in [5.74, 6) is 0.776. The SMILES string of the molecule is SCC=C1c2ccccc2-c2ccccc21. The normalized spacial score (nSPS) is 12.2. The molecule has 1 aliphatic carbocycles. The van der Waals surface area contributed by atoms with Gasteiger partial charge in [-0.25, -0.2) is 0 Å². The van der Waals surface area contributed by atoms with Crippen LogP contribution in [0.3, 0.4) is 0 Å². The van der Waals surface area contributed by atoms with Gasteiger partial charge in [-0.2, -0.15) is 12.6 Å². The van der Waals surface area contributed by atoms with Gasteiger partial charge in [0.15, 0.2) is 0 Å². The zero-order chi connectivity index (χ0) is 11.0. The van der Waals surface area contributed by atoms with E-state index in [9.17, 15) is 0 Å². The molecule has 1 heteroatoms. The van der Waals surface area contributed by atoms with Gasteiger partial charge in [0.1, 0.15) is 0 Å². The van der Waals surface area contributed by atoms with Crippen LogP contribution in [0.15, 0.2) is 54.6 Å². The van der Waals surface area contributed by atoms with Gasteiger partial charge in [0.2, 0.25) is 0 Å². The second kappa shape index (κ2) is 3.84. The Balaban J connectivity index is 2.34. The van der Waals surface area contributed by atoms with Gasteiger partial charge in [0.25, 0.3) is 0 Å². The van der Waals surface area contributed by atoms with Crippen LogP contribution in [0, 0.1) is 0 Å². The Kier molecular flexibility index (Phi) is 2.33. The summed E-state index contributed by atoms with van der Waals surface area (Å²) in [6.07, 6.45) is 2.19. The lowest BCUT2D eigenvalue weighted by molar-refractivity contribution is 1.64. The maximum atomic E-state index is 4.30. The Labute approximate surface area is 101 Å². The van der Waals surface area contributed by atoms with E-state index in [-0.39, 0.29) is 0 Å². The first-order valence-corrected chi connectivity index (χ1v) is 6.05. The van der Waals surface area contributed by atoms with Crippen molar-refractivity contribution in [2.75, 3.05) is 5.75 Å². The molecule has 0 spiro atoms. The molecule has 0 bridgehead atoms. The fourth-order valence-electron chi connectivity index (χ4n) is 2.36. The molecule has 2 aromatic rings. The van der Waals surface area contributed by atoms with E-state index in [4.69, 9.17) is 0 Å². The molecule has 0 N–H and O–H groups in total. The van der Waals surface area contributed by atoms with Crippen molar-refractivity contribution >= 4 is 18.2 Å². The second-order valence-electron chi connectivity index (χ2n) is 3.89. The molecular formula is C15H12S. The lowest BCUT2D eigenvalue weighted by Crippen LogP contribution is -1.81. The van der Waals surface area contributed by atoms with Crippen LogP contribution < -0.4 is 0 Å². The molecule has 0 atom stereocenters. The zero-order valence-corrected chi connectivity index (χ0v) is 9.74. The van der Waals surface area contributed by atoms with Gasteiger partial charge in [-0.3, -0.25) is 0 Å². The summed E-state index contributed by atoms with van der Waals surface area (Å²) in [7, 11) is 0. The first kappa shape index (κ1) is 9.73. The molecule has 0 saturated carbocycles. The van der Waals surface area contributed by atoms with E-state index in [2.05, 4.69) is 67.2 Å². The molecule has 0 heterocycles. The number of thiol groups is 1. The van der Waals surface area contributed by atoms with E-state index in [1.807, 2.05) is 0 Å². The van der Waals surface area contributed by atoms with Crippen LogP contribution >= 0.6 is 12.6 Å². The molecule has 0 saturated heterocycles. The predicted molar refractivity (Wildman–Crippen MR) is 72.8 cm³/mol. The monoisotopic (exact) mass is 224 g/mol. The first-order chi connectivity index (χ1) is 7.92. The number of fused-ring (bicyclic) bond motifs is 3. The quantitative estimate of drug-likeness (QED) is 0.593. The standard InChI is InChI=1S/C15H12S/c16-10-9-15-13-7-3-1-5-11(13)12-6-2-4-8-14(12)15/h1-9,16H,10H2. The third-order valence-corrected chi connectivity index (χ3v) is 3.20. The van der Waals surface area contributed by atoms with Crippen LogP contribution in [0.25, 0.3) is 16.7 Å². The van der Waals surface area contributed by atoms with Crippen molar-refractivity contribution in [3.05, 3.63) is 65.7 Å². The smallest absolute Gasteiger partial charge is 0.00919 e. The minimum absolute atomic E-state index is 0.776. The summed E-state index contributed by atoms with van der Waals surface area (Å²) in [4.78, 5) is 0. The van der Waals surface area contributed by atoms with Gasteiger partial charge in [-0.05, 0) is 27.8 Å². The molecule has 78 valence electrons. The van der Waals surface area contributed by atoms with E-state index < -0.39 is 0 Å². The highest BCUT2D eigenvalue weighted by Gasteiger charge is 2.21. The highest BCUT2D eigenvalue weighted by molar-refractivity contribution is 7.80. The summed E-state index contributed by atoms with van der Waals surface area (Å²) in [5.41, 5.74) is 6.66. The molecule has 0 nitrogen and oxygen atoms in total. The summed E-state index contributed by atoms with van der Waals surface area (Å²) in [6.45, 7) is 0. The fourth-order valence-corrected chi connectivity index (χ4v) is 2.54. The Morgan fingerprint density at radius 3 is 1.62 bits per heavy atom. The molecular weight excluding hydrogens is 212 g/mol. The molecule has 0 aliphatic heterocycles. The van der Waals surface area contributed by atoms with Crippen molar-refractivity contribution in [1.82, 2.24) is 0 Å². The van der Waals surface area contributed by atoms with Crippen LogP contribution in [-0.2, 0) is 0 Å². The van der Waals surface area contributed by atoms with Crippen molar-refractivity contribution in [2.24, 2.45) is 0 Å². The lowest BCUT2D eigenvalue weighted by Gasteiger charge is -2.00. The Morgan fingerprint density at radius 2 is 1.19 bits per heavy atom. The van der Waals surface area contributed by atoms with E-state index in [0.29, 0.717) is 0 Å². The van der Waals surface area contributed by atoms with Crippen LogP contribution in [0.2, 0.25) is 0 Å². The van der Waals surface area contributed by atoms with Crippen LogP contribution in [0.1, 0.15) is 11.1 Å². The number of hydrogen-bond acceptors (Lipinski definition) is 1. The maximum Gasteiger partial charge on any atom is 0.00919 e. The number of rotatable bonds is 1. The average molecular weight is 224 g/mol. The van der Waals surface area contributed by atoms with Gasteiger partial charge in [0.05, 0.1) is 0 Å². The molecule has 0 fully saturated rings. The predicted octanol–water partition coefficient (Wildman–Crippen LogP) is 4.03. The average Bonchev–Trinajstić information content (AvgIpc) is 2.66. The maximum absolute atomic E-state index is 4.30. The van der Waals surface area contributed by atoms with E-state index >= 15 is 0 Å². The minimum atomic E-state index is 0.776. The van der Waals surface area contributed by atoms with Gasteiger partial charge in [-0.1, -0.05) is 54.6 Å². The van der Waals surface area contributed by atoms with E-state index in [1.165, 1.54) is 27.8 Å². The third kappa shape index (κ3) is 1.32. The minimum Gasteiger partial charge on any atom is -0.175 e. The van der Waals surface area contributed by atoms with Crippen molar-refractivity contribution in [2.45, 2.75) is 0 Å². The van der Waals surface area contributed by atoms with Crippen LogP contribution in [0.4, 0.5) is 0 Å². The summed E-state index contributed by atoms with van der Waals surface area (Å²) < 4.78 is 0. The number of benzene rings is 2. The lowest BCUT2D eigenvalue weighted by atomic mass is 10.0. The summed E-state index contributed by atoms with van der Waals surface area (Å²) in [5, 5.41) is 0. The van der Waals surface area contributed by atoms with Gasteiger partial charge in [-0.15, -0.1) is 0 Å². The van der Waals surface area contributed by atoms with Gasteiger partial charge >= 0.3 is 0 Å². The molecule has 1 aliphatic rings. The molecule has 2 aromatic carbocycles. The molecule has 3 rings (SSSR count). The van der Waals surface area contributed by atoms with Crippen molar-refractivity contribution in [3.8, 4) is 11.1 Å². The Morgan fingerprint density at radius 1 is 0.750 bits per heavy atom. The molecule has 0 amide bonds.